The van der Waals surface area contributed by atoms with E-state index in [2.05, 4.69) is 16.4 Å². The van der Waals surface area contributed by atoms with Gasteiger partial charge in [-0.2, -0.15) is 5.26 Å². The van der Waals surface area contributed by atoms with Crippen molar-refractivity contribution in [3.05, 3.63) is 23.9 Å². The number of rotatable bonds is 4. The summed E-state index contributed by atoms with van der Waals surface area (Å²) in [6.07, 6.45) is 6.62. The summed E-state index contributed by atoms with van der Waals surface area (Å²) in [5.74, 6) is 1.15. The smallest absolute Gasteiger partial charge is 0.223 e. The van der Waals surface area contributed by atoms with Crippen molar-refractivity contribution < 1.29 is 9.53 Å². The molecule has 2 fully saturated rings. The summed E-state index contributed by atoms with van der Waals surface area (Å²) >= 11 is 0. The van der Waals surface area contributed by atoms with Crippen molar-refractivity contribution in [3.8, 4) is 6.07 Å². The monoisotopic (exact) mass is 328 g/mol. The van der Waals surface area contributed by atoms with E-state index in [4.69, 9.17) is 4.74 Å². The van der Waals surface area contributed by atoms with Crippen LogP contribution in [0, 0.1) is 17.2 Å². The molecule has 6 heteroatoms. The summed E-state index contributed by atoms with van der Waals surface area (Å²) in [5.41, 5.74) is 0.557. The molecule has 1 aromatic heterocycles. The summed E-state index contributed by atoms with van der Waals surface area (Å²) < 4.78 is 5.32. The zero-order valence-electron chi connectivity index (χ0n) is 13.9. The van der Waals surface area contributed by atoms with Crippen LogP contribution in [0.5, 0.6) is 0 Å². The molecule has 1 aliphatic carbocycles. The lowest BCUT2D eigenvalue weighted by Gasteiger charge is -2.34. The van der Waals surface area contributed by atoms with Crippen LogP contribution in [-0.2, 0) is 9.53 Å². The van der Waals surface area contributed by atoms with E-state index < -0.39 is 0 Å². The molecular weight excluding hydrogens is 304 g/mol. The van der Waals surface area contributed by atoms with E-state index in [0.717, 1.165) is 25.7 Å². The van der Waals surface area contributed by atoms with Gasteiger partial charge in [0.25, 0.3) is 0 Å². The van der Waals surface area contributed by atoms with Crippen LogP contribution in [0.2, 0.25) is 0 Å². The normalized spacial score (nSPS) is 24.2. The van der Waals surface area contributed by atoms with Gasteiger partial charge in [-0.05, 0) is 30.9 Å². The number of nitrogens with zero attached hydrogens (tertiary/aromatic N) is 3. The molecule has 1 saturated heterocycles. The first-order chi connectivity index (χ1) is 11.8. The van der Waals surface area contributed by atoms with Gasteiger partial charge in [-0.1, -0.05) is 12.8 Å². The largest absolute Gasteiger partial charge is 0.378 e. The number of hydrogen-bond donors (Lipinski definition) is 1. The number of carbonyl (C=O) groups is 1. The predicted octanol–water partition coefficient (Wildman–Crippen LogP) is 2.17. The molecule has 2 aliphatic rings. The zero-order chi connectivity index (χ0) is 16.8. The molecule has 0 bridgehead atoms. The Balaban J connectivity index is 1.65. The number of morpholine rings is 1. The fourth-order valence-corrected chi connectivity index (χ4v) is 3.59. The number of hydrogen-bond acceptors (Lipinski definition) is 5. The van der Waals surface area contributed by atoms with Gasteiger partial charge in [0.15, 0.2) is 0 Å². The van der Waals surface area contributed by atoms with Gasteiger partial charge in [0, 0.05) is 31.7 Å². The number of nitrogens with one attached hydrogen (secondary N) is 1. The Kier molecular flexibility index (Phi) is 5.65. The van der Waals surface area contributed by atoms with Crippen molar-refractivity contribution in [2.24, 2.45) is 5.92 Å². The van der Waals surface area contributed by atoms with Crippen LogP contribution in [0.1, 0.15) is 37.7 Å². The number of ether oxygens (including phenoxy) is 1. The molecule has 1 amide bonds. The van der Waals surface area contributed by atoms with Gasteiger partial charge in [0.2, 0.25) is 5.91 Å². The van der Waals surface area contributed by atoms with E-state index in [9.17, 15) is 10.1 Å². The minimum absolute atomic E-state index is 0.200. The number of carbonyl (C=O) groups excluding carboxylic acids is 1. The van der Waals surface area contributed by atoms with Gasteiger partial charge in [0.1, 0.15) is 11.9 Å². The highest BCUT2D eigenvalue weighted by Crippen LogP contribution is 2.30. The average molecular weight is 328 g/mol. The Morgan fingerprint density at radius 3 is 2.96 bits per heavy atom. The van der Waals surface area contributed by atoms with Gasteiger partial charge >= 0.3 is 0 Å². The Hall–Kier alpha value is -2.13. The second-order valence-electron chi connectivity index (χ2n) is 6.50. The average Bonchev–Trinajstić information content (AvgIpc) is 2.64. The van der Waals surface area contributed by atoms with Crippen molar-refractivity contribution >= 4 is 11.7 Å². The van der Waals surface area contributed by atoms with Crippen LogP contribution in [0.25, 0.3) is 0 Å². The number of anilines is 1. The highest BCUT2D eigenvalue weighted by atomic mass is 16.5. The Morgan fingerprint density at radius 2 is 2.17 bits per heavy atom. The lowest BCUT2D eigenvalue weighted by Crippen LogP contribution is -2.43. The molecule has 3 rings (SSSR count). The van der Waals surface area contributed by atoms with Crippen LogP contribution < -0.4 is 5.32 Å². The van der Waals surface area contributed by atoms with Gasteiger partial charge in [-0.3, -0.25) is 4.79 Å². The Morgan fingerprint density at radius 1 is 1.38 bits per heavy atom. The molecule has 1 aliphatic heterocycles. The third kappa shape index (κ3) is 4.04. The summed E-state index contributed by atoms with van der Waals surface area (Å²) in [6, 6.07) is 5.92. The van der Waals surface area contributed by atoms with E-state index >= 15 is 0 Å². The third-order valence-electron chi connectivity index (χ3n) is 4.96. The number of pyridine rings is 1. The molecule has 2 atom stereocenters. The summed E-state index contributed by atoms with van der Waals surface area (Å²) in [7, 11) is 0. The second kappa shape index (κ2) is 8.11. The molecule has 6 nitrogen and oxygen atoms in total. The van der Waals surface area contributed by atoms with Crippen molar-refractivity contribution in [1.82, 2.24) is 9.88 Å². The predicted molar refractivity (Wildman–Crippen MR) is 90.3 cm³/mol. The SMILES string of the molecule is N#Cc1cccnc1N[C@H]1CCCC[C@H]1CC(=O)N1CCOCC1. The van der Waals surface area contributed by atoms with E-state index in [1.54, 1.807) is 18.3 Å². The lowest BCUT2D eigenvalue weighted by atomic mass is 9.82. The standard InChI is InChI=1S/C18H24N4O2/c19-13-15-5-3-7-20-18(15)21-16-6-2-1-4-14(16)12-17(23)22-8-10-24-11-9-22/h3,5,7,14,16H,1-2,4,6,8-12H2,(H,20,21)/t14-,16-/m0/s1. The maximum absolute atomic E-state index is 12.6. The van der Waals surface area contributed by atoms with Crippen LogP contribution in [-0.4, -0.2) is 48.1 Å². The van der Waals surface area contributed by atoms with E-state index in [-0.39, 0.29) is 11.9 Å². The summed E-state index contributed by atoms with van der Waals surface area (Å²) in [5, 5.41) is 12.7. The Labute approximate surface area is 142 Å². The molecule has 0 spiro atoms. The van der Waals surface area contributed by atoms with Crippen LogP contribution >= 0.6 is 0 Å². The zero-order valence-corrected chi connectivity index (χ0v) is 13.9. The van der Waals surface area contributed by atoms with E-state index in [0.29, 0.717) is 50.0 Å². The topological polar surface area (TPSA) is 78.2 Å². The molecule has 0 unspecified atom stereocenters. The molecular formula is C18H24N4O2. The molecule has 0 aromatic carbocycles. The first-order valence-electron chi connectivity index (χ1n) is 8.75. The fourth-order valence-electron chi connectivity index (χ4n) is 3.59. The second-order valence-corrected chi connectivity index (χ2v) is 6.50. The minimum Gasteiger partial charge on any atom is -0.378 e. The minimum atomic E-state index is 0.200. The fraction of sp³-hybridized carbons (Fsp3) is 0.611. The maximum Gasteiger partial charge on any atom is 0.223 e. The number of nitriles is 1. The molecule has 1 aromatic rings. The van der Waals surface area contributed by atoms with Crippen molar-refractivity contribution in [3.63, 3.8) is 0 Å². The third-order valence-corrected chi connectivity index (χ3v) is 4.96. The van der Waals surface area contributed by atoms with Crippen molar-refractivity contribution in [2.45, 2.75) is 38.1 Å². The molecule has 24 heavy (non-hydrogen) atoms. The van der Waals surface area contributed by atoms with Crippen LogP contribution in [0.3, 0.4) is 0 Å². The van der Waals surface area contributed by atoms with Gasteiger partial charge in [-0.15, -0.1) is 0 Å². The van der Waals surface area contributed by atoms with Gasteiger partial charge in [0.05, 0.1) is 18.8 Å². The molecule has 1 N–H and O–H groups in total. The van der Waals surface area contributed by atoms with Gasteiger partial charge in [-0.25, -0.2) is 4.98 Å². The maximum atomic E-state index is 12.6. The molecule has 0 radical (unpaired) electrons. The van der Waals surface area contributed by atoms with Crippen molar-refractivity contribution in [1.29, 1.82) is 5.26 Å². The molecule has 1 saturated carbocycles. The first kappa shape index (κ1) is 16.7. The summed E-state index contributed by atoms with van der Waals surface area (Å²) in [4.78, 5) is 18.8. The molecule has 2 heterocycles. The van der Waals surface area contributed by atoms with Crippen LogP contribution in [0.15, 0.2) is 18.3 Å². The first-order valence-corrected chi connectivity index (χ1v) is 8.75. The summed E-state index contributed by atoms with van der Waals surface area (Å²) in [6.45, 7) is 2.67. The van der Waals surface area contributed by atoms with Crippen LogP contribution in [0.4, 0.5) is 5.82 Å². The van der Waals surface area contributed by atoms with Gasteiger partial charge < -0.3 is 15.0 Å². The number of aromatic nitrogens is 1. The Bertz CT molecular complexity index is 607. The quantitative estimate of drug-likeness (QED) is 0.916. The van der Waals surface area contributed by atoms with E-state index in [1.165, 1.54) is 0 Å². The lowest BCUT2D eigenvalue weighted by molar-refractivity contribution is -0.136. The number of amides is 1. The van der Waals surface area contributed by atoms with E-state index in [1.807, 2.05) is 4.90 Å². The van der Waals surface area contributed by atoms with Crippen molar-refractivity contribution in [2.75, 3.05) is 31.6 Å². The highest BCUT2D eigenvalue weighted by Gasteiger charge is 2.29. The highest BCUT2D eigenvalue weighted by molar-refractivity contribution is 5.76. The molecule has 128 valence electrons.